The quantitative estimate of drug-likeness (QED) is 0.417. The van der Waals surface area contributed by atoms with Crippen LogP contribution in [0.5, 0.6) is 0 Å². The molecule has 0 fully saturated rings. The van der Waals surface area contributed by atoms with Gasteiger partial charge in [0, 0.05) is 0 Å². The van der Waals surface area contributed by atoms with Crippen LogP contribution in [0, 0.1) is 0 Å². The number of hydrogen-bond donors (Lipinski definition) is 0. The van der Waals surface area contributed by atoms with Gasteiger partial charge in [-0.15, -0.1) is 6.58 Å². The molecule has 16 heavy (non-hydrogen) atoms. The van der Waals surface area contributed by atoms with E-state index >= 15 is 0 Å². The average Bonchev–Trinajstić information content (AvgIpc) is 2.29. The molecule has 0 bridgehead atoms. The molecule has 0 aromatic heterocycles. The van der Waals surface area contributed by atoms with E-state index in [9.17, 15) is 14.7 Å². The van der Waals surface area contributed by atoms with Gasteiger partial charge < -0.3 is 14.6 Å². The first-order valence-corrected chi connectivity index (χ1v) is 4.74. The van der Waals surface area contributed by atoms with Gasteiger partial charge in [-0.1, -0.05) is 18.2 Å². The van der Waals surface area contributed by atoms with Crippen LogP contribution in [0.4, 0.5) is 0 Å². The molecule has 0 aliphatic carbocycles. The highest BCUT2D eigenvalue weighted by atomic mass is 16.5. The summed E-state index contributed by atoms with van der Waals surface area (Å²) in [6.45, 7) is 3.77. The molecule has 1 aromatic carbocycles. The van der Waals surface area contributed by atoms with Crippen molar-refractivity contribution in [1.29, 1.82) is 0 Å². The smallest absolute Gasteiger partial charge is 0.338 e. The highest BCUT2D eigenvalue weighted by Crippen LogP contribution is 2.05. The molecule has 1 rings (SSSR count). The molecule has 0 aliphatic rings. The lowest BCUT2D eigenvalue weighted by atomic mass is 10.1. The molecule has 4 heteroatoms. The van der Waals surface area contributed by atoms with Crippen molar-refractivity contribution in [2.75, 3.05) is 6.61 Å². The second-order valence-electron chi connectivity index (χ2n) is 3.08. The van der Waals surface area contributed by atoms with E-state index in [2.05, 4.69) is 6.58 Å². The SMILES string of the molecule is C=CCCOC(=O)c1ccc(C(=O)[O-])cc1. The molecular formula is C12H11O4-. The third-order valence-corrected chi connectivity index (χ3v) is 1.91. The number of esters is 1. The van der Waals surface area contributed by atoms with Gasteiger partial charge in [-0.2, -0.15) is 0 Å². The van der Waals surface area contributed by atoms with Gasteiger partial charge in [-0.25, -0.2) is 4.79 Å². The minimum Gasteiger partial charge on any atom is -0.545 e. The molecule has 84 valence electrons. The zero-order valence-corrected chi connectivity index (χ0v) is 8.64. The predicted octanol–water partition coefficient (Wildman–Crippen LogP) is 0.783. The van der Waals surface area contributed by atoms with Crippen molar-refractivity contribution in [3.63, 3.8) is 0 Å². The Morgan fingerprint density at radius 3 is 2.31 bits per heavy atom. The van der Waals surface area contributed by atoms with E-state index < -0.39 is 11.9 Å². The lowest BCUT2D eigenvalue weighted by Crippen LogP contribution is -2.22. The summed E-state index contributed by atoms with van der Waals surface area (Å²) in [6.07, 6.45) is 2.23. The molecular weight excluding hydrogens is 208 g/mol. The molecule has 4 nitrogen and oxygen atoms in total. The number of carboxylic acids is 1. The lowest BCUT2D eigenvalue weighted by molar-refractivity contribution is -0.255. The first-order chi connectivity index (χ1) is 7.65. The van der Waals surface area contributed by atoms with Crippen molar-refractivity contribution in [3.05, 3.63) is 48.0 Å². The molecule has 0 saturated carbocycles. The Hall–Kier alpha value is -2.10. The van der Waals surface area contributed by atoms with Crippen LogP contribution in [0.15, 0.2) is 36.9 Å². The summed E-state index contributed by atoms with van der Waals surface area (Å²) in [5.41, 5.74) is 0.344. The summed E-state index contributed by atoms with van der Waals surface area (Å²) in [5, 5.41) is 10.5. The van der Waals surface area contributed by atoms with E-state index in [0.717, 1.165) is 0 Å². The van der Waals surface area contributed by atoms with Crippen LogP contribution in [0.25, 0.3) is 0 Å². The fourth-order valence-corrected chi connectivity index (χ4v) is 1.06. The second kappa shape index (κ2) is 5.70. The molecule has 0 aliphatic heterocycles. The van der Waals surface area contributed by atoms with Crippen LogP contribution >= 0.6 is 0 Å². The van der Waals surface area contributed by atoms with Crippen LogP contribution in [0.1, 0.15) is 27.1 Å². The maximum atomic E-state index is 11.4. The second-order valence-corrected chi connectivity index (χ2v) is 3.08. The fourth-order valence-electron chi connectivity index (χ4n) is 1.06. The summed E-state index contributed by atoms with van der Waals surface area (Å²) in [6, 6.07) is 5.39. The zero-order valence-electron chi connectivity index (χ0n) is 8.64. The summed E-state index contributed by atoms with van der Waals surface area (Å²) in [4.78, 5) is 21.8. The maximum Gasteiger partial charge on any atom is 0.338 e. The number of carbonyl (C=O) groups is 2. The fraction of sp³-hybridized carbons (Fsp3) is 0.167. The third kappa shape index (κ3) is 3.24. The van der Waals surface area contributed by atoms with Crippen molar-refractivity contribution >= 4 is 11.9 Å². The minimum atomic E-state index is -1.27. The van der Waals surface area contributed by atoms with Crippen LogP contribution in [0.3, 0.4) is 0 Å². The van der Waals surface area contributed by atoms with Gasteiger partial charge in [0.25, 0.3) is 0 Å². The molecule has 0 unspecified atom stereocenters. The van der Waals surface area contributed by atoms with Crippen molar-refractivity contribution in [2.24, 2.45) is 0 Å². The molecule has 0 saturated heterocycles. The Morgan fingerprint density at radius 2 is 1.81 bits per heavy atom. The third-order valence-electron chi connectivity index (χ3n) is 1.91. The number of hydrogen-bond acceptors (Lipinski definition) is 4. The molecule has 1 aromatic rings. The Balaban J connectivity index is 2.63. The summed E-state index contributed by atoms with van der Waals surface area (Å²) >= 11 is 0. The number of carboxylic acid groups (broad SMARTS) is 1. The van der Waals surface area contributed by atoms with Gasteiger partial charge in [0.05, 0.1) is 18.1 Å². The number of ether oxygens (including phenoxy) is 1. The van der Waals surface area contributed by atoms with Gasteiger partial charge in [-0.3, -0.25) is 0 Å². The number of benzene rings is 1. The maximum absolute atomic E-state index is 11.4. The molecule has 0 spiro atoms. The number of rotatable bonds is 5. The predicted molar refractivity (Wildman–Crippen MR) is 55.9 cm³/mol. The van der Waals surface area contributed by atoms with Crippen LogP contribution in [-0.2, 0) is 4.74 Å². The van der Waals surface area contributed by atoms with Gasteiger partial charge in [0.15, 0.2) is 0 Å². The Kier molecular flexibility index (Phi) is 4.27. The molecule has 0 heterocycles. The van der Waals surface area contributed by atoms with Crippen molar-refractivity contribution in [1.82, 2.24) is 0 Å². The number of carbonyl (C=O) groups excluding carboxylic acids is 2. The topological polar surface area (TPSA) is 66.4 Å². The van der Waals surface area contributed by atoms with Crippen molar-refractivity contribution < 1.29 is 19.4 Å². The molecule has 0 amide bonds. The van der Waals surface area contributed by atoms with Gasteiger partial charge in [0.1, 0.15) is 0 Å². The van der Waals surface area contributed by atoms with Gasteiger partial charge in [0.2, 0.25) is 0 Å². The average molecular weight is 219 g/mol. The van der Waals surface area contributed by atoms with E-state index in [4.69, 9.17) is 4.74 Å². The van der Waals surface area contributed by atoms with E-state index in [-0.39, 0.29) is 12.2 Å². The van der Waals surface area contributed by atoms with Gasteiger partial charge >= 0.3 is 5.97 Å². The Morgan fingerprint density at radius 1 is 1.25 bits per heavy atom. The van der Waals surface area contributed by atoms with Crippen LogP contribution < -0.4 is 5.11 Å². The lowest BCUT2D eigenvalue weighted by Gasteiger charge is -2.05. The van der Waals surface area contributed by atoms with Crippen molar-refractivity contribution in [2.45, 2.75) is 6.42 Å². The van der Waals surface area contributed by atoms with E-state index in [1.807, 2.05) is 0 Å². The standard InChI is InChI=1S/C12H12O4/c1-2-3-8-16-12(15)10-6-4-9(5-7-10)11(13)14/h2,4-7H,1,3,8H2,(H,13,14)/p-1. The molecule has 0 radical (unpaired) electrons. The number of aromatic carboxylic acids is 1. The summed E-state index contributed by atoms with van der Waals surface area (Å²) < 4.78 is 4.90. The normalized spacial score (nSPS) is 9.50. The van der Waals surface area contributed by atoms with Crippen molar-refractivity contribution in [3.8, 4) is 0 Å². The van der Waals surface area contributed by atoms with E-state index in [0.29, 0.717) is 12.0 Å². The Bertz CT molecular complexity index is 392. The van der Waals surface area contributed by atoms with E-state index in [1.54, 1.807) is 6.08 Å². The molecule has 0 atom stereocenters. The Labute approximate surface area is 93.2 Å². The van der Waals surface area contributed by atoms with Gasteiger partial charge in [-0.05, 0) is 24.1 Å². The highest BCUT2D eigenvalue weighted by Gasteiger charge is 2.06. The minimum absolute atomic E-state index is 0.0302. The highest BCUT2D eigenvalue weighted by molar-refractivity contribution is 5.91. The first kappa shape index (κ1) is 12.0. The summed E-state index contributed by atoms with van der Waals surface area (Å²) in [5.74, 6) is -1.75. The monoisotopic (exact) mass is 219 g/mol. The van der Waals surface area contributed by atoms with E-state index in [1.165, 1.54) is 24.3 Å². The largest absolute Gasteiger partial charge is 0.545 e. The molecule has 0 N–H and O–H groups in total. The first-order valence-electron chi connectivity index (χ1n) is 4.74. The van der Waals surface area contributed by atoms with Crippen LogP contribution in [0.2, 0.25) is 0 Å². The zero-order chi connectivity index (χ0) is 12.0. The van der Waals surface area contributed by atoms with Crippen LogP contribution in [-0.4, -0.2) is 18.5 Å². The summed E-state index contributed by atoms with van der Waals surface area (Å²) in [7, 11) is 0.